The van der Waals surface area contributed by atoms with Crippen molar-refractivity contribution in [2.24, 2.45) is 7.05 Å². The molecule has 0 saturated carbocycles. The summed E-state index contributed by atoms with van der Waals surface area (Å²) < 4.78 is 3.53. The quantitative estimate of drug-likeness (QED) is 0.548. The van der Waals surface area contributed by atoms with E-state index in [0.29, 0.717) is 16.8 Å². The highest BCUT2D eigenvalue weighted by molar-refractivity contribution is 6.04. The summed E-state index contributed by atoms with van der Waals surface area (Å²) in [5, 5.41) is 1.11. The number of nitrogen functional groups attached to an aromatic ring is 1. The van der Waals surface area contributed by atoms with E-state index in [2.05, 4.69) is 4.98 Å². The Morgan fingerprint density at radius 2 is 2.00 bits per heavy atom. The lowest BCUT2D eigenvalue weighted by Crippen LogP contribution is -2.10. The molecule has 0 aliphatic rings. The zero-order valence-electron chi connectivity index (χ0n) is 12.0. The lowest BCUT2D eigenvalue weighted by atomic mass is 10.1. The Bertz CT molecular complexity index is 1030. The van der Waals surface area contributed by atoms with E-state index in [1.165, 1.54) is 10.9 Å². The molecule has 0 atom stereocenters. The minimum absolute atomic E-state index is 0.115. The normalized spacial score (nSPS) is 11.3. The molecule has 0 aliphatic carbocycles. The summed E-state index contributed by atoms with van der Waals surface area (Å²) in [7, 11) is 1.96. The summed E-state index contributed by atoms with van der Waals surface area (Å²) in [6, 6.07) is 13.2. The molecule has 2 N–H and O–H groups in total. The molecule has 0 fully saturated rings. The lowest BCUT2D eigenvalue weighted by Gasteiger charge is -2.05. The van der Waals surface area contributed by atoms with Crippen molar-refractivity contribution in [3.8, 4) is 0 Å². The highest BCUT2D eigenvalue weighted by atomic mass is 16.2. The molecular weight excluding hydrogens is 276 g/mol. The van der Waals surface area contributed by atoms with Crippen molar-refractivity contribution in [1.29, 1.82) is 0 Å². The third kappa shape index (κ3) is 1.72. The molecule has 2 aromatic carbocycles. The lowest BCUT2D eigenvalue weighted by molar-refractivity contribution is 0.0964. The Labute approximate surface area is 126 Å². The number of nitrogens with two attached hydrogens (primary N) is 1. The van der Waals surface area contributed by atoms with Gasteiger partial charge in [-0.2, -0.15) is 0 Å². The van der Waals surface area contributed by atoms with Crippen LogP contribution in [0.2, 0.25) is 0 Å². The summed E-state index contributed by atoms with van der Waals surface area (Å²) in [5.41, 5.74) is 9.48. The van der Waals surface area contributed by atoms with Crippen LogP contribution in [0.15, 0.2) is 55.0 Å². The second-order valence-corrected chi connectivity index (χ2v) is 5.33. The van der Waals surface area contributed by atoms with E-state index in [0.717, 1.165) is 16.4 Å². The van der Waals surface area contributed by atoms with Crippen molar-refractivity contribution >= 4 is 33.5 Å². The van der Waals surface area contributed by atoms with Gasteiger partial charge in [-0.1, -0.05) is 12.1 Å². The predicted octanol–water partition coefficient (Wildman–Crippen LogP) is 2.80. The number of anilines is 1. The van der Waals surface area contributed by atoms with Crippen molar-refractivity contribution in [1.82, 2.24) is 14.1 Å². The fraction of sp³-hybridized carbons (Fsp3) is 0.0588. The Kier molecular flexibility index (Phi) is 2.56. The predicted molar refractivity (Wildman–Crippen MR) is 86.8 cm³/mol. The molecule has 0 aliphatic heterocycles. The first kappa shape index (κ1) is 12.6. The van der Waals surface area contributed by atoms with Crippen LogP contribution in [-0.4, -0.2) is 20.0 Å². The number of aryl methyl sites for hydroxylation is 1. The average Bonchev–Trinajstić information content (AvgIpc) is 3.12. The minimum Gasteiger partial charge on any atom is -0.397 e. The van der Waals surface area contributed by atoms with Crippen molar-refractivity contribution < 1.29 is 4.79 Å². The van der Waals surface area contributed by atoms with Crippen molar-refractivity contribution in [2.45, 2.75) is 0 Å². The van der Waals surface area contributed by atoms with E-state index in [1.54, 1.807) is 6.07 Å². The van der Waals surface area contributed by atoms with Crippen molar-refractivity contribution in [2.75, 3.05) is 5.73 Å². The molecule has 4 rings (SSSR count). The van der Waals surface area contributed by atoms with Crippen LogP contribution in [0.3, 0.4) is 0 Å². The van der Waals surface area contributed by atoms with Crippen LogP contribution in [0.25, 0.3) is 21.9 Å². The van der Waals surface area contributed by atoms with Crippen LogP contribution < -0.4 is 5.73 Å². The highest BCUT2D eigenvalue weighted by Crippen LogP contribution is 2.22. The van der Waals surface area contributed by atoms with E-state index in [4.69, 9.17) is 5.73 Å². The molecule has 0 amide bonds. The van der Waals surface area contributed by atoms with E-state index >= 15 is 0 Å². The van der Waals surface area contributed by atoms with Gasteiger partial charge < -0.3 is 10.3 Å². The first-order chi connectivity index (χ1) is 10.6. The third-order valence-electron chi connectivity index (χ3n) is 3.96. The van der Waals surface area contributed by atoms with E-state index in [1.807, 2.05) is 54.2 Å². The standard InChI is InChI=1S/C17H14N4O/c1-20-8-7-11-5-6-12(9-15(11)20)17(22)21-10-19-16-13(18)3-2-4-14(16)21/h2-10H,18H2,1H3. The first-order valence-corrected chi connectivity index (χ1v) is 6.96. The van der Waals surface area contributed by atoms with Crippen LogP contribution in [0.1, 0.15) is 10.4 Å². The first-order valence-electron chi connectivity index (χ1n) is 6.96. The van der Waals surface area contributed by atoms with Gasteiger partial charge in [-0.15, -0.1) is 0 Å². The molecule has 0 bridgehead atoms. The monoisotopic (exact) mass is 290 g/mol. The number of rotatable bonds is 1. The average molecular weight is 290 g/mol. The summed E-state index contributed by atoms with van der Waals surface area (Å²) in [5.74, 6) is -0.115. The number of benzene rings is 2. The SMILES string of the molecule is Cn1ccc2ccc(C(=O)n3cnc4c(N)cccc43)cc21. The van der Waals surface area contributed by atoms with Crippen LogP contribution in [0, 0.1) is 0 Å². The Morgan fingerprint density at radius 3 is 2.86 bits per heavy atom. The van der Waals surface area contributed by atoms with Gasteiger partial charge in [-0.25, -0.2) is 4.98 Å². The van der Waals surface area contributed by atoms with Crippen molar-refractivity contribution in [3.05, 3.63) is 60.6 Å². The number of nitrogens with zero attached hydrogens (tertiary/aromatic N) is 3. The molecule has 2 heterocycles. The molecule has 22 heavy (non-hydrogen) atoms. The maximum Gasteiger partial charge on any atom is 0.263 e. The zero-order chi connectivity index (χ0) is 15.3. The number of para-hydroxylation sites is 1. The summed E-state index contributed by atoms with van der Waals surface area (Å²) in [4.78, 5) is 17.0. The van der Waals surface area contributed by atoms with E-state index in [-0.39, 0.29) is 5.91 Å². The Hall–Kier alpha value is -3.08. The molecule has 0 radical (unpaired) electrons. The fourth-order valence-corrected chi connectivity index (χ4v) is 2.76. The number of carbonyl (C=O) groups excluding carboxylic acids is 1. The van der Waals surface area contributed by atoms with Crippen LogP contribution in [0.5, 0.6) is 0 Å². The van der Waals surface area contributed by atoms with Gasteiger partial charge in [-0.3, -0.25) is 9.36 Å². The third-order valence-corrected chi connectivity index (χ3v) is 3.96. The van der Waals surface area contributed by atoms with E-state index in [9.17, 15) is 4.79 Å². The van der Waals surface area contributed by atoms with Gasteiger partial charge in [0.2, 0.25) is 0 Å². The molecule has 4 aromatic rings. The molecule has 5 nitrogen and oxygen atoms in total. The Morgan fingerprint density at radius 1 is 1.14 bits per heavy atom. The van der Waals surface area contributed by atoms with Gasteiger partial charge in [0, 0.05) is 24.3 Å². The number of aromatic nitrogens is 3. The fourth-order valence-electron chi connectivity index (χ4n) is 2.76. The smallest absolute Gasteiger partial charge is 0.263 e. The molecule has 2 aromatic heterocycles. The summed E-state index contributed by atoms with van der Waals surface area (Å²) in [6.07, 6.45) is 3.50. The zero-order valence-corrected chi connectivity index (χ0v) is 12.0. The van der Waals surface area contributed by atoms with Gasteiger partial charge in [0.1, 0.15) is 11.8 Å². The van der Waals surface area contributed by atoms with Gasteiger partial charge in [0.15, 0.2) is 0 Å². The second-order valence-electron chi connectivity index (χ2n) is 5.33. The number of carbonyl (C=O) groups is 1. The number of hydrogen-bond donors (Lipinski definition) is 1. The molecule has 0 spiro atoms. The maximum atomic E-state index is 12.8. The summed E-state index contributed by atoms with van der Waals surface area (Å²) >= 11 is 0. The summed E-state index contributed by atoms with van der Waals surface area (Å²) in [6.45, 7) is 0. The van der Waals surface area contributed by atoms with Crippen molar-refractivity contribution in [3.63, 3.8) is 0 Å². The van der Waals surface area contributed by atoms with Gasteiger partial charge in [0.25, 0.3) is 5.91 Å². The molecule has 0 unspecified atom stereocenters. The minimum atomic E-state index is -0.115. The molecule has 5 heteroatoms. The number of fused-ring (bicyclic) bond motifs is 2. The van der Waals surface area contributed by atoms with Gasteiger partial charge in [0.05, 0.1) is 11.2 Å². The topological polar surface area (TPSA) is 65.8 Å². The molecular formula is C17H14N4O. The maximum absolute atomic E-state index is 12.8. The van der Waals surface area contributed by atoms with Gasteiger partial charge >= 0.3 is 0 Å². The Balaban J connectivity index is 1.88. The number of imidazole rings is 1. The largest absolute Gasteiger partial charge is 0.397 e. The van der Waals surface area contributed by atoms with Crippen LogP contribution in [0.4, 0.5) is 5.69 Å². The van der Waals surface area contributed by atoms with Gasteiger partial charge in [-0.05, 0) is 35.7 Å². The van der Waals surface area contributed by atoms with E-state index < -0.39 is 0 Å². The van der Waals surface area contributed by atoms with Crippen LogP contribution in [-0.2, 0) is 7.05 Å². The number of hydrogen-bond acceptors (Lipinski definition) is 3. The van der Waals surface area contributed by atoms with Crippen LogP contribution >= 0.6 is 0 Å². The second kappa shape index (κ2) is 4.46. The highest BCUT2D eigenvalue weighted by Gasteiger charge is 2.14. The molecule has 108 valence electrons. The molecule has 0 saturated heterocycles.